The van der Waals surface area contributed by atoms with Gasteiger partial charge < -0.3 is 10.2 Å². The highest BCUT2D eigenvalue weighted by Crippen LogP contribution is 2.27. The van der Waals surface area contributed by atoms with Crippen molar-refractivity contribution in [3.8, 4) is 0 Å². The molecule has 3 aliphatic rings. The van der Waals surface area contributed by atoms with E-state index >= 15 is 0 Å². The number of hydrogen-bond acceptors (Lipinski definition) is 4. The van der Waals surface area contributed by atoms with Gasteiger partial charge in [0.25, 0.3) is 0 Å². The number of piperidine rings is 1. The van der Waals surface area contributed by atoms with Crippen LogP contribution in [-0.4, -0.2) is 86.7 Å². The Kier molecular flexibility index (Phi) is 5.32. The summed E-state index contributed by atoms with van der Waals surface area (Å²) < 4.78 is 0. The molecule has 4 heteroatoms. The molecule has 0 saturated carbocycles. The van der Waals surface area contributed by atoms with Crippen LogP contribution in [0.1, 0.15) is 25.7 Å². The topological polar surface area (TPSA) is 21.8 Å². The van der Waals surface area contributed by atoms with Gasteiger partial charge in [0.15, 0.2) is 0 Å². The Hall–Kier alpha value is -0.160. The summed E-state index contributed by atoms with van der Waals surface area (Å²) in [5, 5.41) is 3.60. The van der Waals surface area contributed by atoms with Gasteiger partial charge in [0.1, 0.15) is 0 Å². The molecule has 1 N–H and O–H groups in total. The van der Waals surface area contributed by atoms with Crippen LogP contribution < -0.4 is 5.32 Å². The molecule has 4 nitrogen and oxygen atoms in total. The van der Waals surface area contributed by atoms with Gasteiger partial charge in [-0.2, -0.15) is 0 Å². The van der Waals surface area contributed by atoms with Gasteiger partial charge in [-0.05, 0) is 58.3 Å². The zero-order valence-electron chi connectivity index (χ0n) is 13.2. The summed E-state index contributed by atoms with van der Waals surface area (Å²) in [5.41, 5.74) is 0. The second-order valence-corrected chi connectivity index (χ2v) is 7.00. The van der Waals surface area contributed by atoms with Crippen molar-refractivity contribution in [1.29, 1.82) is 0 Å². The Morgan fingerprint density at radius 2 is 1.80 bits per heavy atom. The summed E-state index contributed by atoms with van der Waals surface area (Å²) in [5.74, 6) is 0.915. The second-order valence-electron chi connectivity index (χ2n) is 7.00. The van der Waals surface area contributed by atoms with Gasteiger partial charge in [0.05, 0.1) is 0 Å². The molecule has 0 spiro atoms. The molecule has 0 aromatic heterocycles. The fourth-order valence-corrected chi connectivity index (χ4v) is 4.21. The van der Waals surface area contributed by atoms with Crippen molar-refractivity contribution in [3.05, 3.63) is 0 Å². The molecule has 0 amide bonds. The summed E-state index contributed by atoms with van der Waals surface area (Å²) in [7, 11) is 2.24. The van der Waals surface area contributed by atoms with Crippen LogP contribution >= 0.6 is 0 Å². The molecular formula is C16H32N4. The first-order chi connectivity index (χ1) is 9.83. The number of rotatable bonds is 4. The molecule has 116 valence electrons. The third-order valence-electron chi connectivity index (χ3n) is 5.59. The Morgan fingerprint density at radius 1 is 0.950 bits per heavy atom. The third-order valence-corrected chi connectivity index (χ3v) is 5.59. The number of hydrogen-bond donors (Lipinski definition) is 1. The van der Waals surface area contributed by atoms with Crippen LogP contribution in [-0.2, 0) is 0 Å². The molecule has 0 aromatic carbocycles. The first-order valence-corrected chi connectivity index (χ1v) is 8.68. The maximum Gasteiger partial charge on any atom is 0.0137 e. The fourth-order valence-electron chi connectivity index (χ4n) is 4.21. The van der Waals surface area contributed by atoms with Crippen molar-refractivity contribution >= 4 is 0 Å². The van der Waals surface area contributed by atoms with Gasteiger partial charge in [-0.3, -0.25) is 9.80 Å². The lowest BCUT2D eigenvalue weighted by Gasteiger charge is -2.37. The molecule has 0 bridgehead atoms. The Balaban J connectivity index is 1.44. The van der Waals surface area contributed by atoms with E-state index in [4.69, 9.17) is 0 Å². The van der Waals surface area contributed by atoms with Crippen LogP contribution in [0.4, 0.5) is 0 Å². The molecule has 3 aliphatic heterocycles. The van der Waals surface area contributed by atoms with E-state index in [0.717, 1.165) is 12.0 Å². The zero-order valence-corrected chi connectivity index (χ0v) is 13.2. The van der Waals surface area contributed by atoms with E-state index in [1.54, 1.807) is 0 Å². The quantitative estimate of drug-likeness (QED) is 0.818. The van der Waals surface area contributed by atoms with Gasteiger partial charge in [0, 0.05) is 45.3 Å². The van der Waals surface area contributed by atoms with Crippen LogP contribution in [0.5, 0.6) is 0 Å². The Labute approximate surface area is 124 Å². The van der Waals surface area contributed by atoms with Crippen LogP contribution in [0.25, 0.3) is 0 Å². The van der Waals surface area contributed by atoms with Crippen LogP contribution in [0.2, 0.25) is 0 Å². The minimum atomic E-state index is 0.871. The molecule has 20 heavy (non-hydrogen) atoms. The molecule has 2 unspecified atom stereocenters. The zero-order chi connectivity index (χ0) is 13.8. The number of nitrogens with zero attached hydrogens (tertiary/aromatic N) is 3. The molecule has 2 atom stereocenters. The molecule has 0 radical (unpaired) electrons. The molecular weight excluding hydrogens is 248 g/mol. The van der Waals surface area contributed by atoms with E-state index in [0.29, 0.717) is 0 Å². The van der Waals surface area contributed by atoms with Crippen molar-refractivity contribution in [2.75, 3.05) is 66.0 Å². The third kappa shape index (κ3) is 3.73. The molecule has 0 aromatic rings. The van der Waals surface area contributed by atoms with E-state index in [2.05, 4.69) is 27.1 Å². The molecule has 3 heterocycles. The number of likely N-dealkylation sites (N-methyl/N-ethyl adjacent to an activating group) is 1. The Morgan fingerprint density at radius 3 is 2.55 bits per heavy atom. The van der Waals surface area contributed by atoms with Crippen LogP contribution in [0, 0.1) is 5.92 Å². The molecule has 3 saturated heterocycles. The normalized spacial score (nSPS) is 34.6. The summed E-state index contributed by atoms with van der Waals surface area (Å²) in [6.07, 6.45) is 5.69. The van der Waals surface area contributed by atoms with Gasteiger partial charge in [-0.1, -0.05) is 0 Å². The number of piperazine rings is 1. The van der Waals surface area contributed by atoms with Gasteiger partial charge in [0.2, 0.25) is 0 Å². The molecule has 3 rings (SSSR count). The van der Waals surface area contributed by atoms with Gasteiger partial charge in [-0.15, -0.1) is 0 Å². The summed E-state index contributed by atoms with van der Waals surface area (Å²) in [6.45, 7) is 11.4. The smallest absolute Gasteiger partial charge is 0.0137 e. The second kappa shape index (κ2) is 7.21. The highest BCUT2D eigenvalue weighted by molar-refractivity contribution is 4.88. The average molecular weight is 280 g/mol. The average Bonchev–Trinajstić information content (AvgIpc) is 2.96. The van der Waals surface area contributed by atoms with E-state index in [9.17, 15) is 0 Å². The van der Waals surface area contributed by atoms with E-state index in [1.807, 2.05) is 0 Å². The van der Waals surface area contributed by atoms with Crippen molar-refractivity contribution in [1.82, 2.24) is 20.0 Å². The lowest BCUT2D eigenvalue weighted by atomic mass is 9.90. The van der Waals surface area contributed by atoms with Gasteiger partial charge in [-0.25, -0.2) is 0 Å². The van der Waals surface area contributed by atoms with Crippen LogP contribution in [0.3, 0.4) is 0 Å². The fraction of sp³-hybridized carbons (Fsp3) is 1.00. The standard InChI is InChI=1S/C16H32N4/c1-18-8-10-19(11-9-18)12-13-20-7-3-5-16(20)15-4-2-6-17-14-15/h15-17H,2-14H2,1H3. The SMILES string of the molecule is CN1CCN(CCN2CCCC2C2CCCNC2)CC1. The minimum Gasteiger partial charge on any atom is -0.316 e. The maximum atomic E-state index is 3.60. The predicted octanol–water partition coefficient (Wildman–Crippen LogP) is 0.698. The molecule has 0 aliphatic carbocycles. The van der Waals surface area contributed by atoms with Crippen molar-refractivity contribution in [2.45, 2.75) is 31.7 Å². The van der Waals surface area contributed by atoms with Crippen LogP contribution in [0.15, 0.2) is 0 Å². The largest absolute Gasteiger partial charge is 0.316 e. The predicted molar refractivity (Wildman–Crippen MR) is 84.1 cm³/mol. The Bertz CT molecular complexity index is 282. The van der Waals surface area contributed by atoms with Gasteiger partial charge >= 0.3 is 0 Å². The van der Waals surface area contributed by atoms with Crippen molar-refractivity contribution in [3.63, 3.8) is 0 Å². The minimum absolute atomic E-state index is 0.871. The summed E-state index contributed by atoms with van der Waals surface area (Å²) >= 11 is 0. The lowest BCUT2D eigenvalue weighted by molar-refractivity contribution is 0.114. The summed E-state index contributed by atoms with van der Waals surface area (Å²) in [4.78, 5) is 7.91. The number of nitrogens with one attached hydrogen (secondary N) is 1. The first-order valence-electron chi connectivity index (χ1n) is 8.68. The van der Waals surface area contributed by atoms with E-state index in [-0.39, 0.29) is 0 Å². The van der Waals surface area contributed by atoms with Crippen molar-refractivity contribution in [2.24, 2.45) is 5.92 Å². The highest BCUT2D eigenvalue weighted by atomic mass is 15.3. The first kappa shape index (κ1) is 14.8. The monoisotopic (exact) mass is 280 g/mol. The highest BCUT2D eigenvalue weighted by Gasteiger charge is 2.32. The van der Waals surface area contributed by atoms with E-state index < -0.39 is 0 Å². The van der Waals surface area contributed by atoms with Crippen molar-refractivity contribution < 1.29 is 0 Å². The van der Waals surface area contributed by atoms with E-state index in [1.165, 1.54) is 84.6 Å². The molecule has 3 fully saturated rings. The number of likely N-dealkylation sites (tertiary alicyclic amines) is 1. The maximum absolute atomic E-state index is 3.60. The lowest BCUT2D eigenvalue weighted by Crippen LogP contribution is -2.49. The summed E-state index contributed by atoms with van der Waals surface area (Å²) in [6, 6.07) is 0.871.